The highest BCUT2D eigenvalue weighted by atomic mass is 19.4. The zero-order valence-corrected chi connectivity index (χ0v) is 25.1. The van der Waals surface area contributed by atoms with Crippen LogP contribution in [0.1, 0.15) is 5.56 Å². The Bertz CT molecular complexity index is 1510. The number of benzene rings is 2. The van der Waals surface area contributed by atoms with Gasteiger partial charge in [-0.1, -0.05) is 24.3 Å². The summed E-state index contributed by atoms with van der Waals surface area (Å²) in [6.45, 7) is 2.65. The molecule has 0 aliphatic carbocycles. The second-order valence-electron chi connectivity index (χ2n) is 10.0. The molecule has 46 heavy (non-hydrogen) atoms. The molecule has 4 rings (SSSR count). The fraction of sp³-hybridized carbons (Fsp3) is 0.452. The van der Waals surface area contributed by atoms with E-state index in [4.69, 9.17) is 33.2 Å². The number of cyclic esters (lactones) is 1. The zero-order chi connectivity index (χ0) is 32.9. The maximum atomic E-state index is 13.5. The van der Waals surface area contributed by atoms with Crippen LogP contribution in [-0.4, -0.2) is 103 Å². The number of carbonyl (C=O) groups excluding carboxylic acids is 2. The molecular formula is C31H35F3N2O10. The van der Waals surface area contributed by atoms with Gasteiger partial charge in [0.25, 0.3) is 5.56 Å². The number of ether oxygens (including phenoxy) is 7. The molecule has 1 aliphatic heterocycles. The van der Waals surface area contributed by atoms with Crippen LogP contribution in [0.5, 0.6) is 0 Å². The smallest absolute Gasteiger partial charge is 0.417 e. The van der Waals surface area contributed by atoms with Crippen molar-refractivity contribution in [1.29, 1.82) is 0 Å². The standard InChI is InChI=1S/C31H35F3N2O10/c1-40-8-9-41-10-11-42-12-13-43-14-15-44-20-28(37)45-19-23-18-36(30(39)46-23)22-7-6-21-16-27(35-29(38)25(21)17-22)24-4-2-3-5-26(24)31(32,33)34/h2-7,16-17,23H,8-15,18-20H2,1H3,(H,35,38). The van der Waals surface area contributed by atoms with Crippen molar-refractivity contribution in [2.45, 2.75) is 12.3 Å². The number of pyridine rings is 1. The highest BCUT2D eigenvalue weighted by Crippen LogP contribution is 2.36. The topological polar surface area (TPSA) is 135 Å². The monoisotopic (exact) mass is 652 g/mol. The lowest BCUT2D eigenvalue weighted by Crippen LogP contribution is -2.27. The Balaban J connectivity index is 1.19. The maximum absolute atomic E-state index is 13.5. The molecular weight excluding hydrogens is 617 g/mol. The second kappa shape index (κ2) is 17.1. The van der Waals surface area contributed by atoms with E-state index in [0.29, 0.717) is 50.7 Å². The van der Waals surface area contributed by atoms with E-state index in [2.05, 4.69) is 4.98 Å². The zero-order valence-electron chi connectivity index (χ0n) is 25.1. The van der Waals surface area contributed by atoms with E-state index in [-0.39, 0.29) is 49.6 Å². The quantitative estimate of drug-likeness (QED) is 0.160. The van der Waals surface area contributed by atoms with Crippen molar-refractivity contribution in [2.75, 3.05) is 84.6 Å². The summed E-state index contributed by atoms with van der Waals surface area (Å²) < 4.78 is 77.1. The minimum Gasteiger partial charge on any atom is -0.460 e. The van der Waals surface area contributed by atoms with Gasteiger partial charge in [-0.05, 0) is 29.7 Å². The molecule has 15 heteroatoms. The van der Waals surface area contributed by atoms with Gasteiger partial charge in [-0.15, -0.1) is 0 Å². The number of anilines is 1. The van der Waals surface area contributed by atoms with Crippen molar-refractivity contribution in [1.82, 2.24) is 4.98 Å². The molecule has 1 aromatic heterocycles. The fourth-order valence-electron chi connectivity index (χ4n) is 4.53. The van der Waals surface area contributed by atoms with Gasteiger partial charge in [0.15, 0.2) is 6.10 Å². The van der Waals surface area contributed by atoms with Gasteiger partial charge in [-0.25, -0.2) is 9.59 Å². The summed E-state index contributed by atoms with van der Waals surface area (Å²) in [4.78, 5) is 41.3. The molecule has 0 radical (unpaired) electrons. The summed E-state index contributed by atoms with van der Waals surface area (Å²) in [7, 11) is 1.60. The minimum absolute atomic E-state index is 0.0123. The van der Waals surface area contributed by atoms with Gasteiger partial charge in [-0.2, -0.15) is 13.2 Å². The third-order valence-electron chi connectivity index (χ3n) is 6.74. The van der Waals surface area contributed by atoms with Crippen LogP contribution >= 0.6 is 0 Å². The molecule has 1 amide bonds. The summed E-state index contributed by atoms with van der Waals surface area (Å²) in [6, 6.07) is 10.9. The van der Waals surface area contributed by atoms with Crippen LogP contribution in [-0.2, 0) is 44.1 Å². The molecule has 2 aromatic carbocycles. The van der Waals surface area contributed by atoms with Crippen LogP contribution in [0, 0.1) is 0 Å². The van der Waals surface area contributed by atoms with Crippen molar-refractivity contribution >= 4 is 28.5 Å². The molecule has 1 aliphatic rings. The SMILES string of the molecule is COCCOCCOCCOCCOCC(=O)OCC1CN(c2ccc3cc(-c4ccccc4C(F)(F)F)[nH]c(=O)c3c2)C(=O)O1. The predicted molar refractivity (Wildman–Crippen MR) is 159 cm³/mol. The average molecular weight is 653 g/mol. The fourth-order valence-corrected chi connectivity index (χ4v) is 4.53. The van der Waals surface area contributed by atoms with Gasteiger partial charge in [0.05, 0.1) is 65.0 Å². The number of esters is 1. The van der Waals surface area contributed by atoms with E-state index >= 15 is 0 Å². The van der Waals surface area contributed by atoms with Crippen molar-refractivity contribution in [3.05, 3.63) is 64.4 Å². The molecule has 1 fully saturated rings. The largest absolute Gasteiger partial charge is 0.460 e. The number of rotatable bonds is 18. The van der Waals surface area contributed by atoms with Crippen LogP contribution in [0.15, 0.2) is 53.3 Å². The third kappa shape index (κ3) is 9.99. The van der Waals surface area contributed by atoms with Crippen molar-refractivity contribution < 1.29 is 55.9 Å². The predicted octanol–water partition coefficient (Wildman–Crippen LogP) is 3.80. The Kier molecular flexibility index (Phi) is 12.9. The van der Waals surface area contributed by atoms with Crippen molar-refractivity contribution in [3.63, 3.8) is 0 Å². The van der Waals surface area contributed by atoms with Crippen LogP contribution in [0.2, 0.25) is 0 Å². The van der Waals surface area contributed by atoms with Gasteiger partial charge < -0.3 is 38.1 Å². The summed E-state index contributed by atoms with van der Waals surface area (Å²) in [6.07, 6.45) is -6.07. The number of carbonyl (C=O) groups is 2. The summed E-state index contributed by atoms with van der Waals surface area (Å²) in [5.41, 5.74) is -1.30. The molecule has 1 N–H and O–H groups in total. The number of alkyl halides is 3. The number of H-pyrrole nitrogens is 1. The number of hydrogen-bond donors (Lipinski definition) is 1. The number of amides is 1. The number of aromatic amines is 1. The van der Waals surface area contributed by atoms with Crippen molar-refractivity contribution in [3.8, 4) is 11.3 Å². The minimum atomic E-state index is -4.60. The Morgan fingerprint density at radius 2 is 1.57 bits per heavy atom. The summed E-state index contributed by atoms with van der Waals surface area (Å²) >= 11 is 0. The lowest BCUT2D eigenvalue weighted by atomic mass is 10.0. The van der Waals surface area contributed by atoms with Gasteiger partial charge in [0, 0.05) is 29.4 Å². The van der Waals surface area contributed by atoms with Gasteiger partial charge in [-0.3, -0.25) is 9.69 Å². The molecule has 1 saturated heterocycles. The number of aromatic nitrogens is 1. The maximum Gasteiger partial charge on any atom is 0.417 e. The Morgan fingerprint density at radius 3 is 2.24 bits per heavy atom. The molecule has 0 bridgehead atoms. The Morgan fingerprint density at radius 1 is 0.913 bits per heavy atom. The first-order chi connectivity index (χ1) is 22.2. The van der Waals surface area contributed by atoms with Crippen molar-refractivity contribution in [2.24, 2.45) is 0 Å². The molecule has 1 unspecified atom stereocenters. The normalized spacial score (nSPS) is 15.0. The highest BCUT2D eigenvalue weighted by molar-refractivity contribution is 5.94. The molecule has 12 nitrogen and oxygen atoms in total. The van der Waals surface area contributed by atoms with E-state index in [9.17, 15) is 27.6 Å². The van der Waals surface area contributed by atoms with Gasteiger partial charge in [0.2, 0.25) is 0 Å². The Labute approximate surface area is 262 Å². The van der Waals surface area contributed by atoms with Gasteiger partial charge in [0.1, 0.15) is 13.2 Å². The van der Waals surface area contributed by atoms with E-state index in [0.717, 1.165) is 6.07 Å². The molecule has 0 saturated carbocycles. The molecule has 0 spiro atoms. The molecule has 250 valence electrons. The molecule has 3 aromatic rings. The molecule has 1 atom stereocenters. The van der Waals surface area contributed by atoms with E-state index < -0.39 is 35.5 Å². The second-order valence-corrected chi connectivity index (χ2v) is 10.0. The number of halogens is 3. The Hall–Kier alpha value is -4.02. The summed E-state index contributed by atoms with van der Waals surface area (Å²) in [5, 5.41) is 0.557. The van der Waals surface area contributed by atoms with Crippen LogP contribution in [0.4, 0.5) is 23.7 Å². The number of fused-ring (bicyclic) bond motifs is 1. The lowest BCUT2D eigenvalue weighted by molar-refractivity contribution is -0.151. The van der Waals surface area contributed by atoms with Crippen LogP contribution in [0.3, 0.4) is 0 Å². The van der Waals surface area contributed by atoms with E-state index in [1.54, 1.807) is 13.2 Å². The van der Waals surface area contributed by atoms with Gasteiger partial charge >= 0.3 is 18.2 Å². The number of hydrogen-bond acceptors (Lipinski definition) is 10. The third-order valence-corrected chi connectivity index (χ3v) is 6.74. The molecule has 2 heterocycles. The lowest BCUT2D eigenvalue weighted by Gasteiger charge is -2.15. The number of methoxy groups -OCH3 is 1. The van der Waals surface area contributed by atoms with Crippen LogP contribution in [0.25, 0.3) is 22.0 Å². The first-order valence-electron chi connectivity index (χ1n) is 14.4. The first-order valence-corrected chi connectivity index (χ1v) is 14.4. The average Bonchev–Trinajstić information content (AvgIpc) is 3.41. The number of nitrogens with one attached hydrogen (secondary N) is 1. The highest BCUT2D eigenvalue weighted by Gasteiger charge is 2.35. The summed E-state index contributed by atoms with van der Waals surface area (Å²) in [5.74, 6) is -0.647. The van der Waals surface area contributed by atoms with E-state index in [1.807, 2.05) is 0 Å². The number of nitrogens with zero attached hydrogens (tertiary/aromatic N) is 1. The first kappa shape index (κ1) is 34.8. The van der Waals surface area contributed by atoms with Crippen LogP contribution < -0.4 is 10.5 Å². The van der Waals surface area contributed by atoms with E-state index in [1.165, 1.54) is 41.3 Å².